The molecule has 1 fully saturated rings. The Morgan fingerprint density at radius 2 is 1.80 bits per heavy atom. The lowest BCUT2D eigenvalue weighted by atomic mass is 10.1. The van der Waals surface area contributed by atoms with Crippen LogP contribution in [-0.4, -0.2) is 47.2 Å². The molecule has 6 nitrogen and oxygen atoms in total. The normalized spacial score (nSPS) is 13.9. The highest BCUT2D eigenvalue weighted by atomic mass is 35.5. The minimum Gasteiger partial charge on any atom is -0.354 e. The van der Waals surface area contributed by atoms with Crippen molar-refractivity contribution in [2.45, 2.75) is 6.54 Å². The zero-order valence-electron chi connectivity index (χ0n) is 18.8. The van der Waals surface area contributed by atoms with E-state index in [0.29, 0.717) is 40.1 Å². The largest absolute Gasteiger partial charge is 0.354 e. The summed E-state index contributed by atoms with van der Waals surface area (Å²) in [4.78, 5) is 16.9. The summed E-state index contributed by atoms with van der Waals surface area (Å²) in [5, 5.41) is 8.83. The maximum absolute atomic E-state index is 12.7. The van der Waals surface area contributed by atoms with E-state index in [1.165, 1.54) is 5.56 Å². The predicted octanol–water partition coefficient (Wildman–Crippen LogP) is 5.88. The molecular formula is C27H22Cl2N4O2. The molecule has 1 aliphatic rings. The minimum atomic E-state index is -0.166. The van der Waals surface area contributed by atoms with Gasteiger partial charge in [0, 0.05) is 48.9 Å². The SMILES string of the molecule is O=C(Nc1noc2ccccc12)N1CCN(Cc2cccc(C#Cc3cc(Cl)ccc3Cl)c2)CC1. The van der Waals surface area contributed by atoms with E-state index >= 15 is 0 Å². The van der Waals surface area contributed by atoms with Gasteiger partial charge < -0.3 is 9.42 Å². The first kappa shape index (κ1) is 23.3. The third-order valence-corrected chi connectivity index (χ3v) is 6.43. The lowest BCUT2D eigenvalue weighted by molar-refractivity contribution is 0.143. The van der Waals surface area contributed by atoms with Gasteiger partial charge in [0.15, 0.2) is 11.4 Å². The van der Waals surface area contributed by atoms with Crippen molar-refractivity contribution in [1.82, 2.24) is 15.0 Å². The Bertz CT molecular complexity index is 1430. The Hall–Kier alpha value is -3.50. The molecule has 5 rings (SSSR count). The van der Waals surface area contributed by atoms with Crippen LogP contribution in [0, 0.1) is 11.8 Å². The van der Waals surface area contributed by atoms with Crippen molar-refractivity contribution in [3.8, 4) is 11.8 Å². The molecule has 1 aromatic heterocycles. The number of hydrogen-bond donors (Lipinski definition) is 1. The Kier molecular flexibility index (Phi) is 6.91. The quantitative estimate of drug-likeness (QED) is 0.353. The number of nitrogens with one attached hydrogen (secondary N) is 1. The van der Waals surface area contributed by atoms with Crippen LogP contribution < -0.4 is 5.32 Å². The molecule has 1 N–H and O–H groups in total. The molecule has 0 radical (unpaired) electrons. The maximum Gasteiger partial charge on any atom is 0.323 e. The molecule has 0 saturated carbocycles. The highest BCUT2D eigenvalue weighted by Crippen LogP contribution is 2.23. The molecule has 0 atom stereocenters. The van der Waals surface area contributed by atoms with Gasteiger partial charge in [-0.25, -0.2) is 4.79 Å². The molecule has 1 saturated heterocycles. The summed E-state index contributed by atoms with van der Waals surface area (Å²) in [6.07, 6.45) is 0. The lowest BCUT2D eigenvalue weighted by Crippen LogP contribution is -2.49. The Labute approximate surface area is 213 Å². The molecule has 3 aromatic carbocycles. The number of urea groups is 1. The van der Waals surface area contributed by atoms with Crippen LogP contribution in [0.25, 0.3) is 11.0 Å². The van der Waals surface area contributed by atoms with Crippen molar-refractivity contribution >= 4 is 46.0 Å². The summed E-state index contributed by atoms with van der Waals surface area (Å²) in [6.45, 7) is 3.61. The van der Waals surface area contributed by atoms with Crippen LogP contribution in [0.15, 0.2) is 71.3 Å². The Morgan fingerprint density at radius 3 is 2.66 bits per heavy atom. The van der Waals surface area contributed by atoms with Gasteiger partial charge in [-0.05, 0) is 48.0 Å². The van der Waals surface area contributed by atoms with E-state index in [0.717, 1.165) is 30.6 Å². The average Bonchev–Trinajstić information content (AvgIpc) is 3.28. The van der Waals surface area contributed by atoms with Crippen LogP contribution in [0.2, 0.25) is 10.0 Å². The molecule has 8 heteroatoms. The van der Waals surface area contributed by atoms with Gasteiger partial charge in [-0.3, -0.25) is 10.2 Å². The number of halogens is 2. The van der Waals surface area contributed by atoms with Crippen LogP contribution in [0.5, 0.6) is 0 Å². The molecule has 2 amide bonds. The van der Waals surface area contributed by atoms with Crippen molar-refractivity contribution in [2.24, 2.45) is 0 Å². The number of anilines is 1. The van der Waals surface area contributed by atoms with Gasteiger partial charge in [-0.2, -0.15) is 0 Å². The standard InChI is InChI=1S/C27H22Cl2N4O2/c28-22-10-11-24(29)21(17-22)9-8-19-4-3-5-20(16-19)18-32-12-14-33(15-13-32)27(34)30-26-23-6-1-2-7-25(23)35-31-26/h1-7,10-11,16-17H,12-15,18H2,(H,30,31,34). The molecule has 0 aliphatic carbocycles. The summed E-state index contributed by atoms with van der Waals surface area (Å²) in [5.41, 5.74) is 3.44. The van der Waals surface area contributed by atoms with Crippen molar-refractivity contribution < 1.29 is 9.32 Å². The van der Waals surface area contributed by atoms with E-state index in [4.69, 9.17) is 27.7 Å². The topological polar surface area (TPSA) is 61.6 Å². The first-order valence-electron chi connectivity index (χ1n) is 11.2. The molecule has 4 aromatic rings. The number of amides is 2. The van der Waals surface area contributed by atoms with Gasteiger partial charge in [0.1, 0.15) is 0 Å². The van der Waals surface area contributed by atoms with Gasteiger partial charge in [-0.15, -0.1) is 0 Å². The first-order chi connectivity index (χ1) is 17.0. The third kappa shape index (κ3) is 5.60. The van der Waals surface area contributed by atoms with E-state index in [1.54, 1.807) is 23.1 Å². The van der Waals surface area contributed by atoms with E-state index in [1.807, 2.05) is 36.4 Å². The van der Waals surface area contributed by atoms with Crippen LogP contribution in [-0.2, 0) is 6.54 Å². The number of rotatable bonds is 3. The number of piperazine rings is 1. The molecule has 2 heterocycles. The molecule has 0 spiro atoms. The zero-order valence-corrected chi connectivity index (χ0v) is 20.3. The minimum absolute atomic E-state index is 0.166. The Balaban J connectivity index is 1.17. The maximum atomic E-state index is 12.7. The number of benzene rings is 3. The molecule has 0 unspecified atom stereocenters. The summed E-state index contributed by atoms with van der Waals surface area (Å²) in [6, 6.07) is 20.7. The summed E-state index contributed by atoms with van der Waals surface area (Å²) in [7, 11) is 0. The van der Waals surface area contributed by atoms with Crippen LogP contribution in [0.3, 0.4) is 0 Å². The fourth-order valence-corrected chi connectivity index (χ4v) is 4.34. The van der Waals surface area contributed by atoms with Gasteiger partial charge in [-0.1, -0.05) is 64.5 Å². The predicted molar refractivity (Wildman–Crippen MR) is 139 cm³/mol. The van der Waals surface area contributed by atoms with Crippen molar-refractivity contribution in [3.05, 3.63) is 93.5 Å². The smallest absolute Gasteiger partial charge is 0.323 e. The van der Waals surface area contributed by atoms with Crippen LogP contribution >= 0.6 is 23.2 Å². The average molecular weight is 505 g/mol. The lowest BCUT2D eigenvalue weighted by Gasteiger charge is -2.34. The first-order valence-corrected chi connectivity index (χ1v) is 12.0. The van der Waals surface area contributed by atoms with E-state index in [2.05, 4.69) is 39.3 Å². The van der Waals surface area contributed by atoms with Gasteiger partial charge in [0.05, 0.1) is 10.4 Å². The second kappa shape index (κ2) is 10.4. The van der Waals surface area contributed by atoms with Crippen molar-refractivity contribution in [2.75, 3.05) is 31.5 Å². The number of fused-ring (bicyclic) bond motifs is 1. The molecule has 0 bridgehead atoms. The van der Waals surface area contributed by atoms with Gasteiger partial charge in [0.2, 0.25) is 0 Å². The molecule has 1 aliphatic heterocycles. The summed E-state index contributed by atoms with van der Waals surface area (Å²) in [5.74, 6) is 6.73. The van der Waals surface area contributed by atoms with Crippen molar-refractivity contribution in [3.63, 3.8) is 0 Å². The third-order valence-electron chi connectivity index (χ3n) is 5.87. The monoisotopic (exact) mass is 504 g/mol. The van der Waals surface area contributed by atoms with Crippen molar-refractivity contribution in [1.29, 1.82) is 0 Å². The molecular weight excluding hydrogens is 483 g/mol. The van der Waals surface area contributed by atoms with Gasteiger partial charge >= 0.3 is 6.03 Å². The van der Waals surface area contributed by atoms with E-state index in [-0.39, 0.29) is 6.03 Å². The number of carbonyl (C=O) groups is 1. The summed E-state index contributed by atoms with van der Waals surface area (Å²) < 4.78 is 5.27. The van der Waals surface area contributed by atoms with Crippen LogP contribution in [0.4, 0.5) is 10.6 Å². The zero-order chi connectivity index (χ0) is 24.2. The number of aromatic nitrogens is 1. The fourth-order valence-electron chi connectivity index (χ4n) is 4.00. The second-order valence-electron chi connectivity index (χ2n) is 8.30. The molecule has 35 heavy (non-hydrogen) atoms. The number of para-hydroxylation sites is 1. The van der Waals surface area contributed by atoms with E-state index in [9.17, 15) is 4.79 Å². The Morgan fingerprint density at radius 1 is 0.971 bits per heavy atom. The number of nitrogens with zero attached hydrogens (tertiary/aromatic N) is 3. The second-order valence-corrected chi connectivity index (χ2v) is 9.14. The number of hydrogen-bond acceptors (Lipinski definition) is 4. The highest BCUT2D eigenvalue weighted by Gasteiger charge is 2.22. The number of carbonyl (C=O) groups excluding carboxylic acids is 1. The van der Waals surface area contributed by atoms with Crippen LogP contribution in [0.1, 0.15) is 16.7 Å². The van der Waals surface area contributed by atoms with Gasteiger partial charge in [0.25, 0.3) is 0 Å². The van der Waals surface area contributed by atoms with E-state index < -0.39 is 0 Å². The summed E-state index contributed by atoms with van der Waals surface area (Å²) >= 11 is 12.3. The fraction of sp³-hybridized carbons (Fsp3) is 0.185. The molecule has 176 valence electrons. The highest BCUT2D eigenvalue weighted by molar-refractivity contribution is 6.33.